The SMILES string of the molecule is O=C(O)CCCc1cccc2oc3ccccc3c12. The molecule has 3 nitrogen and oxygen atoms in total. The van der Waals surface area contributed by atoms with Gasteiger partial charge in [0.05, 0.1) is 0 Å². The first kappa shape index (κ1) is 11.8. The van der Waals surface area contributed by atoms with Crippen molar-refractivity contribution in [2.75, 3.05) is 0 Å². The summed E-state index contributed by atoms with van der Waals surface area (Å²) in [7, 11) is 0. The number of rotatable bonds is 4. The number of carbonyl (C=O) groups is 1. The third-order valence-electron chi connectivity index (χ3n) is 3.33. The molecule has 0 atom stereocenters. The molecular weight excluding hydrogens is 240 g/mol. The van der Waals surface area contributed by atoms with Gasteiger partial charge in [-0.05, 0) is 30.5 Å². The molecule has 0 aliphatic heterocycles. The van der Waals surface area contributed by atoms with Gasteiger partial charge in [0, 0.05) is 17.2 Å². The summed E-state index contributed by atoms with van der Waals surface area (Å²) >= 11 is 0. The van der Waals surface area contributed by atoms with Gasteiger partial charge in [-0.3, -0.25) is 4.79 Å². The number of hydrogen-bond donors (Lipinski definition) is 1. The molecule has 19 heavy (non-hydrogen) atoms. The van der Waals surface area contributed by atoms with E-state index in [1.54, 1.807) is 0 Å². The van der Waals surface area contributed by atoms with Crippen LogP contribution < -0.4 is 0 Å². The van der Waals surface area contributed by atoms with Gasteiger partial charge in [0.25, 0.3) is 0 Å². The number of carboxylic acid groups (broad SMARTS) is 1. The quantitative estimate of drug-likeness (QED) is 0.765. The second kappa shape index (κ2) is 4.76. The normalized spacial score (nSPS) is 11.2. The van der Waals surface area contributed by atoms with Gasteiger partial charge in [-0.2, -0.15) is 0 Å². The van der Waals surface area contributed by atoms with E-state index in [0.29, 0.717) is 6.42 Å². The lowest BCUT2D eigenvalue weighted by molar-refractivity contribution is -0.137. The van der Waals surface area contributed by atoms with Gasteiger partial charge >= 0.3 is 5.97 Å². The van der Waals surface area contributed by atoms with E-state index < -0.39 is 5.97 Å². The largest absolute Gasteiger partial charge is 0.481 e. The van der Waals surface area contributed by atoms with Crippen molar-refractivity contribution in [2.24, 2.45) is 0 Å². The van der Waals surface area contributed by atoms with E-state index in [1.807, 2.05) is 42.5 Å². The highest BCUT2D eigenvalue weighted by molar-refractivity contribution is 6.06. The van der Waals surface area contributed by atoms with Crippen LogP contribution in [0.4, 0.5) is 0 Å². The number of benzene rings is 2. The highest BCUT2D eigenvalue weighted by Crippen LogP contribution is 2.31. The maximum Gasteiger partial charge on any atom is 0.303 e. The van der Waals surface area contributed by atoms with Gasteiger partial charge < -0.3 is 9.52 Å². The molecule has 0 aliphatic carbocycles. The molecule has 0 bridgehead atoms. The standard InChI is InChI=1S/C16H14O3/c17-15(18)10-4-6-11-5-3-9-14-16(11)12-7-1-2-8-13(12)19-14/h1-3,5,7-9H,4,6,10H2,(H,17,18). The van der Waals surface area contributed by atoms with Crippen molar-refractivity contribution >= 4 is 27.9 Å². The van der Waals surface area contributed by atoms with Crippen LogP contribution in [0.2, 0.25) is 0 Å². The van der Waals surface area contributed by atoms with Gasteiger partial charge in [-0.1, -0.05) is 30.3 Å². The summed E-state index contributed by atoms with van der Waals surface area (Å²) in [5, 5.41) is 10.9. The minimum absolute atomic E-state index is 0.201. The van der Waals surface area contributed by atoms with Gasteiger partial charge in [-0.25, -0.2) is 0 Å². The smallest absolute Gasteiger partial charge is 0.303 e. The van der Waals surface area contributed by atoms with Crippen molar-refractivity contribution in [1.82, 2.24) is 0 Å². The Morgan fingerprint density at radius 3 is 2.68 bits per heavy atom. The highest BCUT2D eigenvalue weighted by atomic mass is 16.4. The van der Waals surface area contributed by atoms with E-state index in [2.05, 4.69) is 0 Å². The second-order valence-corrected chi connectivity index (χ2v) is 4.64. The Kier molecular flexibility index (Phi) is 2.95. The molecule has 0 saturated heterocycles. The van der Waals surface area contributed by atoms with Crippen LogP contribution in [0.1, 0.15) is 18.4 Å². The average molecular weight is 254 g/mol. The maximum atomic E-state index is 10.6. The van der Waals surface area contributed by atoms with Crippen LogP contribution in [-0.4, -0.2) is 11.1 Å². The zero-order valence-corrected chi connectivity index (χ0v) is 10.4. The number of para-hydroxylation sites is 1. The predicted octanol–water partition coefficient (Wildman–Crippen LogP) is 3.99. The number of hydrogen-bond acceptors (Lipinski definition) is 2. The molecule has 96 valence electrons. The van der Waals surface area contributed by atoms with E-state index in [1.165, 1.54) is 0 Å². The van der Waals surface area contributed by atoms with Crippen molar-refractivity contribution in [3.63, 3.8) is 0 Å². The Labute approximate surface area is 110 Å². The molecule has 3 heteroatoms. The molecule has 1 aromatic heterocycles. The molecule has 0 fully saturated rings. The Hall–Kier alpha value is -2.29. The lowest BCUT2D eigenvalue weighted by atomic mass is 10.0. The van der Waals surface area contributed by atoms with Crippen LogP contribution in [0.5, 0.6) is 0 Å². The summed E-state index contributed by atoms with van der Waals surface area (Å²) in [5.74, 6) is -0.746. The summed E-state index contributed by atoms with van der Waals surface area (Å²) in [4.78, 5) is 10.6. The molecule has 3 aromatic rings. The van der Waals surface area contributed by atoms with E-state index >= 15 is 0 Å². The Balaban J connectivity index is 2.06. The molecule has 0 saturated carbocycles. The van der Waals surface area contributed by atoms with Crippen LogP contribution in [-0.2, 0) is 11.2 Å². The van der Waals surface area contributed by atoms with Gasteiger partial charge in [0.2, 0.25) is 0 Å². The van der Waals surface area contributed by atoms with Gasteiger partial charge in [-0.15, -0.1) is 0 Å². The molecular formula is C16H14O3. The minimum Gasteiger partial charge on any atom is -0.481 e. The van der Waals surface area contributed by atoms with Crippen LogP contribution >= 0.6 is 0 Å². The maximum absolute atomic E-state index is 10.6. The molecule has 3 rings (SSSR count). The number of fused-ring (bicyclic) bond motifs is 3. The fraction of sp³-hybridized carbons (Fsp3) is 0.188. The van der Waals surface area contributed by atoms with E-state index in [9.17, 15) is 4.79 Å². The first-order chi connectivity index (χ1) is 9.25. The van der Waals surface area contributed by atoms with Crippen LogP contribution in [0.3, 0.4) is 0 Å². The van der Waals surface area contributed by atoms with Crippen molar-refractivity contribution in [3.05, 3.63) is 48.0 Å². The molecule has 0 unspecified atom stereocenters. The number of aryl methyl sites for hydroxylation is 1. The van der Waals surface area contributed by atoms with Gasteiger partial charge in [0.15, 0.2) is 0 Å². The molecule has 0 amide bonds. The topological polar surface area (TPSA) is 50.4 Å². The summed E-state index contributed by atoms with van der Waals surface area (Å²) in [5.41, 5.74) is 2.90. The zero-order chi connectivity index (χ0) is 13.2. The summed E-state index contributed by atoms with van der Waals surface area (Å²) in [6, 6.07) is 13.9. The predicted molar refractivity (Wildman–Crippen MR) is 74.3 cm³/mol. The fourth-order valence-corrected chi connectivity index (χ4v) is 2.49. The third-order valence-corrected chi connectivity index (χ3v) is 3.33. The highest BCUT2D eigenvalue weighted by Gasteiger charge is 2.10. The molecule has 0 aliphatic rings. The molecule has 1 heterocycles. The second-order valence-electron chi connectivity index (χ2n) is 4.64. The van der Waals surface area contributed by atoms with Gasteiger partial charge in [0.1, 0.15) is 11.2 Å². The average Bonchev–Trinajstić information content (AvgIpc) is 2.77. The summed E-state index contributed by atoms with van der Waals surface area (Å²) < 4.78 is 5.80. The summed E-state index contributed by atoms with van der Waals surface area (Å²) in [6.07, 6.45) is 1.60. The van der Waals surface area contributed by atoms with Crippen molar-refractivity contribution in [3.8, 4) is 0 Å². The van der Waals surface area contributed by atoms with Crippen LogP contribution in [0.25, 0.3) is 21.9 Å². The van der Waals surface area contributed by atoms with E-state index in [-0.39, 0.29) is 6.42 Å². The number of carboxylic acids is 1. The van der Waals surface area contributed by atoms with E-state index in [0.717, 1.165) is 33.9 Å². The minimum atomic E-state index is -0.746. The van der Waals surface area contributed by atoms with E-state index in [4.69, 9.17) is 9.52 Å². The number of furan rings is 1. The molecule has 1 N–H and O–H groups in total. The zero-order valence-electron chi connectivity index (χ0n) is 10.4. The lowest BCUT2D eigenvalue weighted by Crippen LogP contribution is -1.96. The Morgan fingerprint density at radius 1 is 1.05 bits per heavy atom. The fourth-order valence-electron chi connectivity index (χ4n) is 2.49. The van der Waals surface area contributed by atoms with Crippen LogP contribution in [0.15, 0.2) is 46.9 Å². The van der Waals surface area contributed by atoms with Crippen molar-refractivity contribution in [2.45, 2.75) is 19.3 Å². The van der Waals surface area contributed by atoms with Crippen LogP contribution in [0, 0.1) is 0 Å². The van der Waals surface area contributed by atoms with Crippen molar-refractivity contribution < 1.29 is 14.3 Å². The summed E-state index contributed by atoms with van der Waals surface area (Å²) in [6.45, 7) is 0. The monoisotopic (exact) mass is 254 g/mol. The molecule has 0 spiro atoms. The van der Waals surface area contributed by atoms with Crippen molar-refractivity contribution in [1.29, 1.82) is 0 Å². The first-order valence-corrected chi connectivity index (χ1v) is 6.36. The Bertz CT molecular complexity index is 740. The Morgan fingerprint density at radius 2 is 1.84 bits per heavy atom. The lowest BCUT2D eigenvalue weighted by Gasteiger charge is -2.01. The number of aliphatic carboxylic acids is 1. The third kappa shape index (κ3) is 2.19. The molecule has 0 radical (unpaired) electrons. The first-order valence-electron chi connectivity index (χ1n) is 6.36. The molecule has 2 aromatic carbocycles.